The van der Waals surface area contributed by atoms with Gasteiger partial charge in [0.15, 0.2) is 28.6 Å². The molecule has 4 aromatic rings. The molecule has 0 radical (unpaired) electrons. The molecule has 0 spiro atoms. The number of aromatic nitrogens is 3. The number of ether oxygens (including phenoxy) is 4. The summed E-state index contributed by atoms with van der Waals surface area (Å²) < 4.78 is 23.8. The van der Waals surface area contributed by atoms with Crippen molar-refractivity contribution in [2.45, 2.75) is 27.7 Å². The van der Waals surface area contributed by atoms with Crippen LogP contribution >= 0.6 is 0 Å². The van der Waals surface area contributed by atoms with Gasteiger partial charge < -0.3 is 24.3 Å². The number of nitrogens with one attached hydrogen (secondary N) is 1. The van der Waals surface area contributed by atoms with Gasteiger partial charge in [-0.25, -0.2) is 9.50 Å². The van der Waals surface area contributed by atoms with Crippen molar-refractivity contribution >= 4 is 17.2 Å². The SMILES string of the molecule is CCOc1ccc(-c2c(C)nn3c(C)c(C(=O)Nc4ccc(OC)c(OC)c4)cnc23)cc1OCC. The molecule has 188 valence electrons. The summed E-state index contributed by atoms with van der Waals surface area (Å²) in [5.74, 6) is 2.16. The van der Waals surface area contributed by atoms with E-state index < -0.39 is 0 Å². The van der Waals surface area contributed by atoms with E-state index in [1.807, 2.05) is 45.9 Å². The zero-order valence-corrected chi connectivity index (χ0v) is 21.3. The highest BCUT2D eigenvalue weighted by Gasteiger charge is 2.20. The molecular formula is C27H30N4O5. The fraction of sp³-hybridized carbons (Fsp3) is 0.296. The highest BCUT2D eigenvalue weighted by atomic mass is 16.5. The van der Waals surface area contributed by atoms with Crippen molar-refractivity contribution in [3.63, 3.8) is 0 Å². The molecule has 0 atom stereocenters. The highest BCUT2D eigenvalue weighted by molar-refractivity contribution is 6.05. The van der Waals surface area contributed by atoms with Gasteiger partial charge in [-0.2, -0.15) is 5.10 Å². The second kappa shape index (κ2) is 10.6. The van der Waals surface area contributed by atoms with E-state index in [9.17, 15) is 4.79 Å². The van der Waals surface area contributed by atoms with Crippen molar-refractivity contribution in [2.24, 2.45) is 0 Å². The molecule has 4 rings (SSSR count). The Balaban J connectivity index is 1.70. The number of rotatable bonds is 9. The number of carbonyl (C=O) groups excluding carboxylic acids is 1. The maximum absolute atomic E-state index is 13.1. The summed E-state index contributed by atoms with van der Waals surface area (Å²) in [6.07, 6.45) is 1.57. The number of fused-ring (bicyclic) bond motifs is 1. The van der Waals surface area contributed by atoms with E-state index in [1.165, 1.54) is 0 Å². The first kappa shape index (κ1) is 24.8. The number of hydrogen-bond acceptors (Lipinski definition) is 7. The fourth-order valence-corrected chi connectivity index (χ4v) is 4.08. The van der Waals surface area contributed by atoms with Gasteiger partial charge in [0.25, 0.3) is 5.91 Å². The van der Waals surface area contributed by atoms with Crippen LogP contribution in [0.25, 0.3) is 16.8 Å². The number of benzene rings is 2. The molecule has 0 aliphatic carbocycles. The molecule has 2 aromatic heterocycles. The van der Waals surface area contributed by atoms with Gasteiger partial charge in [0.1, 0.15) is 0 Å². The van der Waals surface area contributed by atoms with E-state index in [2.05, 4.69) is 15.4 Å². The second-order valence-electron chi connectivity index (χ2n) is 8.00. The lowest BCUT2D eigenvalue weighted by Crippen LogP contribution is -2.16. The molecule has 0 aliphatic rings. The summed E-state index contributed by atoms with van der Waals surface area (Å²) in [6, 6.07) is 11.0. The van der Waals surface area contributed by atoms with E-state index in [0.717, 1.165) is 16.8 Å². The zero-order valence-electron chi connectivity index (χ0n) is 21.3. The number of methoxy groups -OCH3 is 2. The first-order valence-electron chi connectivity index (χ1n) is 11.7. The van der Waals surface area contributed by atoms with Gasteiger partial charge >= 0.3 is 0 Å². The summed E-state index contributed by atoms with van der Waals surface area (Å²) in [5, 5.41) is 7.59. The summed E-state index contributed by atoms with van der Waals surface area (Å²) in [5.41, 5.74) is 4.87. The van der Waals surface area contributed by atoms with Crippen LogP contribution in [0.2, 0.25) is 0 Å². The van der Waals surface area contributed by atoms with Crippen LogP contribution in [0.15, 0.2) is 42.6 Å². The normalized spacial score (nSPS) is 10.8. The molecule has 0 fully saturated rings. The zero-order chi connectivity index (χ0) is 25.8. The molecule has 9 heteroatoms. The number of anilines is 1. The minimum atomic E-state index is -0.302. The van der Waals surface area contributed by atoms with Crippen LogP contribution in [0.4, 0.5) is 5.69 Å². The Bertz CT molecular complexity index is 1410. The van der Waals surface area contributed by atoms with Crippen LogP contribution in [-0.2, 0) is 0 Å². The second-order valence-corrected chi connectivity index (χ2v) is 8.00. The summed E-state index contributed by atoms with van der Waals surface area (Å²) in [6.45, 7) is 8.70. The third-order valence-electron chi connectivity index (χ3n) is 5.78. The van der Waals surface area contributed by atoms with Crippen molar-refractivity contribution in [3.8, 4) is 34.1 Å². The minimum absolute atomic E-state index is 0.302. The van der Waals surface area contributed by atoms with E-state index in [0.29, 0.717) is 58.8 Å². The molecular weight excluding hydrogens is 460 g/mol. The van der Waals surface area contributed by atoms with Gasteiger partial charge in [0, 0.05) is 23.5 Å². The third kappa shape index (κ3) is 4.64. The quantitative estimate of drug-likeness (QED) is 0.349. The van der Waals surface area contributed by atoms with E-state index in [4.69, 9.17) is 18.9 Å². The average molecular weight is 491 g/mol. The lowest BCUT2D eigenvalue weighted by atomic mass is 10.1. The molecule has 2 heterocycles. The highest BCUT2D eigenvalue weighted by Crippen LogP contribution is 2.36. The van der Waals surface area contributed by atoms with Crippen LogP contribution in [0.3, 0.4) is 0 Å². The van der Waals surface area contributed by atoms with Crippen molar-refractivity contribution in [2.75, 3.05) is 32.8 Å². The summed E-state index contributed by atoms with van der Waals surface area (Å²) in [4.78, 5) is 17.7. The van der Waals surface area contributed by atoms with E-state index in [1.54, 1.807) is 43.1 Å². The third-order valence-corrected chi connectivity index (χ3v) is 5.78. The van der Waals surface area contributed by atoms with Crippen LogP contribution in [-0.4, -0.2) is 47.9 Å². The van der Waals surface area contributed by atoms with Crippen LogP contribution in [0.5, 0.6) is 23.0 Å². The predicted molar refractivity (Wildman–Crippen MR) is 138 cm³/mol. The molecule has 36 heavy (non-hydrogen) atoms. The minimum Gasteiger partial charge on any atom is -0.493 e. The first-order chi connectivity index (χ1) is 17.4. The van der Waals surface area contributed by atoms with E-state index in [-0.39, 0.29) is 5.91 Å². The number of carbonyl (C=O) groups is 1. The van der Waals surface area contributed by atoms with Gasteiger partial charge in [-0.15, -0.1) is 0 Å². The number of hydrogen-bond donors (Lipinski definition) is 1. The molecule has 1 N–H and O–H groups in total. The summed E-state index contributed by atoms with van der Waals surface area (Å²) in [7, 11) is 3.11. The number of amides is 1. The van der Waals surface area contributed by atoms with Crippen molar-refractivity contribution in [3.05, 3.63) is 59.5 Å². The molecule has 1 amide bonds. The van der Waals surface area contributed by atoms with Gasteiger partial charge in [0.05, 0.1) is 44.4 Å². The van der Waals surface area contributed by atoms with E-state index >= 15 is 0 Å². The van der Waals surface area contributed by atoms with Gasteiger partial charge in [-0.3, -0.25) is 4.79 Å². The number of aryl methyl sites for hydroxylation is 2. The molecule has 0 saturated heterocycles. The first-order valence-corrected chi connectivity index (χ1v) is 11.7. The monoisotopic (exact) mass is 490 g/mol. The van der Waals surface area contributed by atoms with Crippen molar-refractivity contribution in [1.29, 1.82) is 0 Å². The Morgan fingerprint density at radius 2 is 1.61 bits per heavy atom. The maximum atomic E-state index is 13.1. The smallest absolute Gasteiger partial charge is 0.259 e. The van der Waals surface area contributed by atoms with Crippen molar-refractivity contribution < 1.29 is 23.7 Å². The van der Waals surface area contributed by atoms with Gasteiger partial charge in [-0.1, -0.05) is 6.07 Å². The Labute approximate surface area is 210 Å². The van der Waals surface area contributed by atoms with Crippen molar-refractivity contribution in [1.82, 2.24) is 14.6 Å². The standard InChI is InChI=1S/C27H30N4O5/c1-7-35-22-11-9-18(13-24(22)36-8-2)25-16(3)30-31-17(4)20(15-28-26(25)31)27(32)29-19-10-12-21(33-5)23(14-19)34-6/h9-15H,7-8H2,1-6H3,(H,29,32). The van der Waals surface area contributed by atoms with Gasteiger partial charge in [-0.05, 0) is 57.5 Å². The predicted octanol–water partition coefficient (Wildman–Crippen LogP) is 5.08. The van der Waals surface area contributed by atoms with Crippen LogP contribution < -0.4 is 24.3 Å². The molecule has 2 aromatic carbocycles. The van der Waals surface area contributed by atoms with Gasteiger partial charge in [0.2, 0.25) is 0 Å². The van der Waals surface area contributed by atoms with Crippen LogP contribution in [0, 0.1) is 13.8 Å². The topological polar surface area (TPSA) is 96.2 Å². The Hall–Kier alpha value is -4.27. The molecule has 9 nitrogen and oxygen atoms in total. The Morgan fingerprint density at radius 1 is 0.917 bits per heavy atom. The molecule has 0 bridgehead atoms. The summed E-state index contributed by atoms with van der Waals surface area (Å²) >= 11 is 0. The molecule has 0 saturated carbocycles. The fourth-order valence-electron chi connectivity index (χ4n) is 4.08. The number of nitrogens with zero attached hydrogens (tertiary/aromatic N) is 3. The molecule has 0 unspecified atom stereocenters. The largest absolute Gasteiger partial charge is 0.493 e. The molecule has 0 aliphatic heterocycles. The maximum Gasteiger partial charge on any atom is 0.259 e. The average Bonchev–Trinajstić information content (AvgIpc) is 3.22. The van der Waals surface area contributed by atoms with Crippen LogP contribution in [0.1, 0.15) is 35.6 Å². The lowest BCUT2D eigenvalue weighted by molar-refractivity contribution is 0.102. The Kier molecular flexibility index (Phi) is 7.28. The Morgan fingerprint density at radius 3 is 2.31 bits per heavy atom. The lowest BCUT2D eigenvalue weighted by Gasteiger charge is -2.13.